The van der Waals surface area contributed by atoms with Crippen LogP contribution in [0.15, 0.2) is 285 Å². The van der Waals surface area contributed by atoms with Crippen LogP contribution >= 0.6 is 0 Å². The summed E-state index contributed by atoms with van der Waals surface area (Å²) in [5.41, 5.74) is 16.7. The molecule has 4 heterocycles. The lowest BCUT2D eigenvalue weighted by Crippen LogP contribution is -2.10. The summed E-state index contributed by atoms with van der Waals surface area (Å²) < 4.78 is 6.62. The molecule has 86 heavy (non-hydrogen) atoms. The van der Waals surface area contributed by atoms with Gasteiger partial charge in [0.2, 0.25) is 0 Å². The summed E-state index contributed by atoms with van der Waals surface area (Å²) in [5.74, 6) is 1.82. The Hall–Kier alpha value is -12.2. The molecular formula is C77H47N9. The van der Waals surface area contributed by atoms with Crippen molar-refractivity contribution < 1.29 is 0 Å². The number of nitriles is 2. The number of rotatable bonds is 10. The lowest BCUT2D eigenvalue weighted by Gasteiger charge is -2.26. The molecule has 0 radical (unpaired) electrons. The zero-order chi connectivity index (χ0) is 57.2. The number of nitrogens with zero attached hydrogens (tertiary/aromatic N) is 9. The van der Waals surface area contributed by atoms with E-state index in [2.05, 4.69) is 213 Å². The molecule has 9 heteroatoms. The molecule has 0 aliphatic carbocycles. The predicted molar refractivity (Wildman–Crippen MR) is 349 cm³/mol. The Kier molecular flexibility index (Phi) is 11.8. The van der Waals surface area contributed by atoms with Crippen molar-refractivity contribution in [1.82, 2.24) is 28.7 Å². The molecule has 0 saturated carbocycles. The highest BCUT2D eigenvalue weighted by atomic mass is 15.1. The van der Waals surface area contributed by atoms with Gasteiger partial charge in [0, 0.05) is 71.8 Å². The second-order valence-electron chi connectivity index (χ2n) is 21.4. The summed E-state index contributed by atoms with van der Waals surface area (Å²) >= 11 is 0. The van der Waals surface area contributed by atoms with Gasteiger partial charge in [-0.3, -0.25) is 0 Å². The number of hydrogen-bond acceptors (Lipinski definition) is 6. The van der Waals surface area contributed by atoms with E-state index in [1.54, 1.807) is 0 Å². The van der Waals surface area contributed by atoms with Crippen molar-refractivity contribution >= 4 is 82.5 Å². The molecule has 0 amide bonds. The van der Waals surface area contributed by atoms with Crippen molar-refractivity contribution in [1.29, 1.82) is 10.5 Å². The number of benzene rings is 12. The van der Waals surface area contributed by atoms with E-state index >= 15 is 0 Å². The molecule has 16 aromatic rings. The van der Waals surface area contributed by atoms with E-state index in [1.165, 1.54) is 0 Å². The molecule has 400 valence electrons. The number of hydrogen-bond donors (Lipinski definition) is 0. The zero-order valence-corrected chi connectivity index (χ0v) is 46.2. The van der Waals surface area contributed by atoms with E-state index in [0.717, 1.165) is 116 Å². The molecule has 12 aromatic carbocycles. The van der Waals surface area contributed by atoms with Crippen molar-refractivity contribution in [2.24, 2.45) is 0 Å². The van der Waals surface area contributed by atoms with Gasteiger partial charge < -0.3 is 18.6 Å². The minimum absolute atomic E-state index is 0.410. The molecule has 0 N–H and O–H groups in total. The van der Waals surface area contributed by atoms with Crippen LogP contribution in [0.5, 0.6) is 0 Å². The lowest BCUT2D eigenvalue weighted by molar-refractivity contribution is 1.07. The van der Waals surface area contributed by atoms with Crippen molar-refractivity contribution in [3.63, 3.8) is 0 Å². The van der Waals surface area contributed by atoms with Gasteiger partial charge in [-0.1, -0.05) is 188 Å². The van der Waals surface area contributed by atoms with E-state index in [1.807, 2.05) is 103 Å². The Labute approximate surface area is 494 Å². The first kappa shape index (κ1) is 49.6. The SMILES string of the molecule is N#Cc1ccc(-n2c3ccccc3c3ccc(-c4cccc(N(c5ccccc5)c5ccc6c(c5)c5ccccc5n6-c5cccc(-c6nc(-c7ccccc7)nc(-c7ccccc7)n6)c5)c4)cc32)c(C#N)c1-n1c2ccccc2c2ccccc21. The zero-order valence-electron chi connectivity index (χ0n) is 46.2. The second kappa shape index (κ2) is 20.4. The summed E-state index contributed by atoms with van der Waals surface area (Å²) in [7, 11) is 0. The van der Waals surface area contributed by atoms with E-state index in [9.17, 15) is 10.5 Å². The van der Waals surface area contributed by atoms with Gasteiger partial charge >= 0.3 is 0 Å². The second-order valence-corrected chi connectivity index (χ2v) is 21.4. The molecular weight excluding hydrogens is 1050 g/mol. The highest BCUT2D eigenvalue weighted by Gasteiger charge is 2.25. The Morgan fingerprint density at radius 3 is 1.37 bits per heavy atom. The van der Waals surface area contributed by atoms with Crippen LogP contribution in [0, 0.1) is 22.7 Å². The highest BCUT2D eigenvalue weighted by molar-refractivity contribution is 6.13. The maximum atomic E-state index is 11.4. The lowest BCUT2D eigenvalue weighted by atomic mass is 10.0. The monoisotopic (exact) mass is 1100 g/mol. The summed E-state index contributed by atoms with van der Waals surface area (Å²) in [6, 6.07) is 103. The van der Waals surface area contributed by atoms with Gasteiger partial charge in [0.25, 0.3) is 0 Å². The third-order valence-corrected chi connectivity index (χ3v) is 16.5. The molecule has 0 atom stereocenters. The van der Waals surface area contributed by atoms with Gasteiger partial charge in [-0.2, -0.15) is 10.5 Å². The largest absolute Gasteiger partial charge is 0.310 e. The Morgan fingerprint density at radius 2 is 0.756 bits per heavy atom. The van der Waals surface area contributed by atoms with Crippen LogP contribution in [-0.2, 0) is 0 Å². The number of anilines is 3. The summed E-state index contributed by atoms with van der Waals surface area (Å²) in [6.07, 6.45) is 0. The molecule has 16 rings (SSSR count). The maximum Gasteiger partial charge on any atom is 0.164 e. The van der Waals surface area contributed by atoms with Crippen LogP contribution < -0.4 is 4.90 Å². The summed E-state index contributed by atoms with van der Waals surface area (Å²) in [6.45, 7) is 0. The van der Waals surface area contributed by atoms with Crippen LogP contribution in [0.25, 0.3) is 128 Å². The normalized spacial score (nSPS) is 11.5. The Bertz CT molecular complexity index is 5340. The van der Waals surface area contributed by atoms with Crippen molar-refractivity contribution in [3.05, 3.63) is 296 Å². The van der Waals surface area contributed by atoms with Crippen molar-refractivity contribution in [3.8, 4) is 74.5 Å². The van der Waals surface area contributed by atoms with Crippen molar-refractivity contribution in [2.75, 3.05) is 4.90 Å². The van der Waals surface area contributed by atoms with E-state index < -0.39 is 0 Å². The minimum Gasteiger partial charge on any atom is -0.310 e. The summed E-state index contributed by atoms with van der Waals surface area (Å²) in [4.78, 5) is 17.4. The fraction of sp³-hybridized carbons (Fsp3) is 0. The first-order valence-corrected chi connectivity index (χ1v) is 28.5. The summed E-state index contributed by atoms with van der Waals surface area (Å²) in [5, 5.41) is 28.6. The van der Waals surface area contributed by atoms with Crippen LogP contribution in [-0.4, -0.2) is 28.7 Å². The van der Waals surface area contributed by atoms with E-state index in [0.29, 0.717) is 40.0 Å². The fourth-order valence-electron chi connectivity index (χ4n) is 12.7. The van der Waals surface area contributed by atoms with Crippen LogP contribution in [0.3, 0.4) is 0 Å². The average Bonchev–Trinajstić information content (AvgIpc) is 2.38. The Balaban J connectivity index is 0.819. The standard InChI is InChI=1S/C77H47N9/c78-48-55-39-42-72(66(49-79)74(55)86-69-36-16-11-30-60(69)61-31-12-17-37-70(61)86)85-68-35-15-10-32-62(68)64-41-38-53(46-73(64)85)52-24-18-28-57(44-52)83(56-26-8-3-9-27-56)59-40-43-71-65(47-59)63-33-13-14-34-67(63)84(71)58-29-19-25-54(45-58)77-81-75(50-20-4-1-5-21-50)80-76(82-77)51-22-6-2-7-23-51/h1-47H. The van der Waals surface area contributed by atoms with Gasteiger partial charge in [0.15, 0.2) is 17.5 Å². The van der Waals surface area contributed by atoms with Gasteiger partial charge in [0.05, 0.1) is 50.0 Å². The number of para-hydroxylation sites is 5. The molecule has 0 aliphatic heterocycles. The smallest absolute Gasteiger partial charge is 0.164 e. The third-order valence-electron chi connectivity index (χ3n) is 16.5. The van der Waals surface area contributed by atoms with Gasteiger partial charge in [0.1, 0.15) is 17.7 Å². The van der Waals surface area contributed by atoms with E-state index in [4.69, 9.17) is 15.0 Å². The molecule has 0 saturated heterocycles. The van der Waals surface area contributed by atoms with E-state index in [-0.39, 0.29) is 0 Å². The molecule has 4 aromatic heterocycles. The molecule has 9 nitrogen and oxygen atoms in total. The Morgan fingerprint density at radius 1 is 0.291 bits per heavy atom. The van der Waals surface area contributed by atoms with Crippen LogP contribution in [0.1, 0.15) is 11.1 Å². The van der Waals surface area contributed by atoms with Crippen LogP contribution in [0.4, 0.5) is 17.1 Å². The molecule has 0 spiro atoms. The first-order valence-electron chi connectivity index (χ1n) is 28.5. The predicted octanol–water partition coefficient (Wildman–Crippen LogP) is 19.0. The molecule has 0 aliphatic rings. The molecule has 0 fully saturated rings. The third kappa shape index (κ3) is 8.11. The first-order chi connectivity index (χ1) is 42.6. The van der Waals surface area contributed by atoms with Gasteiger partial charge in [-0.05, 0) is 108 Å². The minimum atomic E-state index is 0.410. The highest BCUT2D eigenvalue weighted by Crippen LogP contribution is 2.44. The topological polar surface area (TPSA) is 104 Å². The quantitative estimate of drug-likeness (QED) is 0.135. The van der Waals surface area contributed by atoms with Crippen LogP contribution in [0.2, 0.25) is 0 Å². The molecule has 0 unspecified atom stereocenters. The van der Waals surface area contributed by atoms with Gasteiger partial charge in [-0.25, -0.2) is 15.0 Å². The molecule has 0 bridgehead atoms. The fourth-order valence-corrected chi connectivity index (χ4v) is 12.7. The number of aromatic nitrogens is 6. The maximum absolute atomic E-state index is 11.4. The average molecular weight is 1100 g/mol. The number of fused-ring (bicyclic) bond motifs is 9. The van der Waals surface area contributed by atoms with Gasteiger partial charge in [-0.15, -0.1) is 0 Å². The van der Waals surface area contributed by atoms with Crippen molar-refractivity contribution in [2.45, 2.75) is 0 Å².